The lowest BCUT2D eigenvalue weighted by Gasteiger charge is -2.45. The molecule has 0 aromatic carbocycles. The Bertz CT molecular complexity index is 381. The van der Waals surface area contributed by atoms with E-state index in [9.17, 15) is 9.59 Å². The molecule has 1 heterocycles. The van der Waals surface area contributed by atoms with Crippen LogP contribution in [0.25, 0.3) is 0 Å². The van der Waals surface area contributed by atoms with E-state index in [0.717, 1.165) is 25.7 Å². The van der Waals surface area contributed by atoms with Gasteiger partial charge in [-0.1, -0.05) is 0 Å². The summed E-state index contributed by atoms with van der Waals surface area (Å²) in [5, 5.41) is 8.91. The number of aliphatic carboxylic acids is 1. The zero-order valence-electron chi connectivity index (χ0n) is 11.9. The second-order valence-electron chi connectivity index (χ2n) is 6.84. The minimum atomic E-state index is -0.787. The van der Waals surface area contributed by atoms with Gasteiger partial charge in [-0.25, -0.2) is 4.79 Å². The van der Waals surface area contributed by atoms with Gasteiger partial charge in [-0.3, -0.25) is 4.79 Å². The van der Waals surface area contributed by atoms with Crippen molar-refractivity contribution in [1.29, 1.82) is 0 Å². The number of ether oxygens (including phenoxy) is 1. The highest BCUT2D eigenvalue weighted by Crippen LogP contribution is 2.48. The van der Waals surface area contributed by atoms with Crippen LogP contribution in [-0.4, -0.2) is 39.8 Å². The van der Waals surface area contributed by atoms with Crippen LogP contribution in [0.1, 0.15) is 52.9 Å². The van der Waals surface area contributed by atoms with Gasteiger partial charge in [0.1, 0.15) is 5.60 Å². The molecule has 5 heteroatoms. The van der Waals surface area contributed by atoms with Gasteiger partial charge in [0.15, 0.2) is 0 Å². The van der Waals surface area contributed by atoms with E-state index >= 15 is 0 Å². The summed E-state index contributed by atoms with van der Waals surface area (Å²) in [4.78, 5) is 24.9. The molecule has 1 atom stereocenters. The summed E-state index contributed by atoms with van der Waals surface area (Å²) < 4.78 is 5.45. The maximum atomic E-state index is 12.3. The Labute approximate surface area is 113 Å². The number of carbonyl (C=O) groups excluding carboxylic acids is 1. The Kier molecular flexibility index (Phi) is 3.49. The molecule has 2 rings (SSSR count). The molecule has 19 heavy (non-hydrogen) atoms. The Morgan fingerprint density at radius 3 is 2.42 bits per heavy atom. The Morgan fingerprint density at radius 2 is 2.00 bits per heavy atom. The number of carboxylic acid groups (broad SMARTS) is 1. The zero-order chi connectivity index (χ0) is 14.3. The standard InChI is InChI=1S/C14H23NO4/c1-13(2,3)19-12(18)15-9-10(7-11(16)17)8-14(15)5-4-6-14/h10H,4-9H2,1-3H3,(H,16,17). The lowest BCUT2D eigenvalue weighted by molar-refractivity contribution is -0.138. The fraction of sp³-hybridized carbons (Fsp3) is 0.857. The highest BCUT2D eigenvalue weighted by Gasteiger charge is 2.52. The highest BCUT2D eigenvalue weighted by molar-refractivity contribution is 5.71. The predicted octanol–water partition coefficient (Wildman–Crippen LogP) is 2.64. The van der Waals surface area contributed by atoms with E-state index in [4.69, 9.17) is 9.84 Å². The molecule has 2 aliphatic rings. The van der Waals surface area contributed by atoms with Crippen LogP contribution < -0.4 is 0 Å². The summed E-state index contributed by atoms with van der Waals surface area (Å²) in [7, 11) is 0. The molecule has 1 saturated carbocycles. The van der Waals surface area contributed by atoms with Crippen LogP contribution in [0.5, 0.6) is 0 Å². The molecule has 108 valence electrons. The van der Waals surface area contributed by atoms with Crippen molar-refractivity contribution in [1.82, 2.24) is 4.90 Å². The number of carboxylic acids is 1. The first kappa shape index (κ1) is 14.2. The first-order chi connectivity index (χ1) is 8.72. The molecule has 0 aromatic heterocycles. The number of likely N-dealkylation sites (tertiary alicyclic amines) is 1. The van der Waals surface area contributed by atoms with Crippen LogP contribution in [0.2, 0.25) is 0 Å². The molecule has 1 saturated heterocycles. The number of hydrogen-bond donors (Lipinski definition) is 1. The highest BCUT2D eigenvalue weighted by atomic mass is 16.6. The molecule has 1 unspecified atom stereocenters. The molecule has 1 aliphatic carbocycles. The van der Waals surface area contributed by atoms with Gasteiger partial charge in [-0.2, -0.15) is 0 Å². The molecular weight excluding hydrogens is 246 g/mol. The van der Waals surface area contributed by atoms with Gasteiger partial charge in [-0.05, 0) is 52.4 Å². The van der Waals surface area contributed by atoms with Gasteiger partial charge >= 0.3 is 12.1 Å². The minimum absolute atomic E-state index is 0.0605. The quantitative estimate of drug-likeness (QED) is 0.836. The molecule has 2 fully saturated rings. The lowest BCUT2D eigenvalue weighted by atomic mass is 9.73. The first-order valence-electron chi connectivity index (χ1n) is 6.94. The first-order valence-corrected chi connectivity index (χ1v) is 6.94. The van der Waals surface area contributed by atoms with Gasteiger partial charge in [-0.15, -0.1) is 0 Å². The predicted molar refractivity (Wildman–Crippen MR) is 69.9 cm³/mol. The minimum Gasteiger partial charge on any atom is -0.481 e. The van der Waals surface area contributed by atoms with Crippen LogP contribution in [0.4, 0.5) is 4.79 Å². The zero-order valence-corrected chi connectivity index (χ0v) is 11.9. The van der Waals surface area contributed by atoms with Crippen LogP contribution in [0.3, 0.4) is 0 Å². The van der Waals surface area contributed by atoms with E-state index in [1.165, 1.54) is 0 Å². The molecule has 5 nitrogen and oxygen atoms in total. The monoisotopic (exact) mass is 269 g/mol. The van der Waals surface area contributed by atoms with Gasteiger partial charge in [0, 0.05) is 18.5 Å². The number of hydrogen-bond acceptors (Lipinski definition) is 3. The van der Waals surface area contributed by atoms with Crippen molar-refractivity contribution in [3.05, 3.63) is 0 Å². The van der Waals surface area contributed by atoms with Crippen molar-refractivity contribution in [2.45, 2.75) is 64.0 Å². The molecular formula is C14H23NO4. The molecule has 1 spiro atoms. The number of rotatable bonds is 2. The molecule has 0 aromatic rings. The summed E-state index contributed by atoms with van der Waals surface area (Å²) in [6.45, 7) is 6.07. The van der Waals surface area contributed by atoms with E-state index in [1.807, 2.05) is 20.8 Å². The van der Waals surface area contributed by atoms with Crippen LogP contribution >= 0.6 is 0 Å². The van der Waals surface area contributed by atoms with Crippen molar-refractivity contribution in [3.63, 3.8) is 0 Å². The normalized spacial score (nSPS) is 25.2. The van der Waals surface area contributed by atoms with Crippen molar-refractivity contribution >= 4 is 12.1 Å². The molecule has 0 bridgehead atoms. The van der Waals surface area contributed by atoms with Gasteiger partial charge < -0.3 is 14.7 Å². The van der Waals surface area contributed by atoms with E-state index in [1.54, 1.807) is 4.90 Å². The molecule has 1 amide bonds. The summed E-state index contributed by atoms with van der Waals surface area (Å²) in [5.41, 5.74) is -0.630. The fourth-order valence-electron chi connectivity index (χ4n) is 3.19. The maximum absolute atomic E-state index is 12.3. The molecule has 0 radical (unpaired) electrons. The van der Waals surface area contributed by atoms with Crippen LogP contribution in [-0.2, 0) is 9.53 Å². The average Bonchev–Trinajstić information content (AvgIpc) is 2.53. The third-order valence-corrected chi connectivity index (χ3v) is 4.04. The second-order valence-corrected chi connectivity index (χ2v) is 6.84. The van der Waals surface area contributed by atoms with E-state index < -0.39 is 11.6 Å². The average molecular weight is 269 g/mol. The van der Waals surface area contributed by atoms with Crippen molar-refractivity contribution in [3.8, 4) is 0 Å². The molecule has 1 aliphatic heterocycles. The number of carbonyl (C=O) groups is 2. The summed E-state index contributed by atoms with van der Waals surface area (Å²) in [6.07, 6.45) is 3.71. The summed E-state index contributed by atoms with van der Waals surface area (Å²) in [5.74, 6) is -0.726. The van der Waals surface area contributed by atoms with Crippen molar-refractivity contribution in [2.75, 3.05) is 6.54 Å². The van der Waals surface area contributed by atoms with Gasteiger partial charge in [0.25, 0.3) is 0 Å². The lowest BCUT2D eigenvalue weighted by Crippen LogP contribution is -2.53. The smallest absolute Gasteiger partial charge is 0.410 e. The van der Waals surface area contributed by atoms with Crippen molar-refractivity contribution in [2.24, 2.45) is 5.92 Å². The van der Waals surface area contributed by atoms with Gasteiger partial charge in [0.2, 0.25) is 0 Å². The SMILES string of the molecule is CC(C)(C)OC(=O)N1CC(CC(=O)O)CC12CCC2. The van der Waals surface area contributed by atoms with E-state index in [-0.39, 0.29) is 24.0 Å². The number of amides is 1. The maximum Gasteiger partial charge on any atom is 0.410 e. The van der Waals surface area contributed by atoms with E-state index in [2.05, 4.69) is 0 Å². The topological polar surface area (TPSA) is 66.8 Å². The molecule has 1 N–H and O–H groups in total. The van der Waals surface area contributed by atoms with Crippen LogP contribution in [0.15, 0.2) is 0 Å². The van der Waals surface area contributed by atoms with Crippen LogP contribution in [0, 0.1) is 5.92 Å². The Hall–Kier alpha value is -1.26. The third-order valence-electron chi connectivity index (χ3n) is 4.04. The third kappa shape index (κ3) is 3.01. The Balaban J connectivity index is 2.06. The summed E-state index contributed by atoms with van der Waals surface area (Å²) in [6, 6.07) is 0. The summed E-state index contributed by atoms with van der Waals surface area (Å²) >= 11 is 0. The second kappa shape index (κ2) is 4.69. The number of nitrogens with zero attached hydrogens (tertiary/aromatic N) is 1. The van der Waals surface area contributed by atoms with E-state index in [0.29, 0.717) is 6.54 Å². The Morgan fingerprint density at radius 1 is 1.37 bits per heavy atom. The fourth-order valence-corrected chi connectivity index (χ4v) is 3.19. The van der Waals surface area contributed by atoms with Gasteiger partial charge in [0.05, 0.1) is 0 Å². The van der Waals surface area contributed by atoms with Crippen molar-refractivity contribution < 1.29 is 19.4 Å². The largest absolute Gasteiger partial charge is 0.481 e.